The van der Waals surface area contributed by atoms with Crippen LogP contribution in [0.3, 0.4) is 0 Å². The molecule has 0 atom stereocenters. The summed E-state index contributed by atoms with van der Waals surface area (Å²) in [5, 5.41) is 12.2. The summed E-state index contributed by atoms with van der Waals surface area (Å²) in [6.45, 7) is 0.998. The van der Waals surface area contributed by atoms with E-state index in [4.69, 9.17) is 21.1 Å². The van der Waals surface area contributed by atoms with E-state index in [9.17, 15) is 4.79 Å². The van der Waals surface area contributed by atoms with Gasteiger partial charge in [0.1, 0.15) is 19.8 Å². The van der Waals surface area contributed by atoms with Crippen molar-refractivity contribution in [2.75, 3.05) is 13.2 Å². The fourth-order valence-electron chi connectivity index (χ4n) is 2.56. The number of tetrazole rings is 1. The summed E-state index contributed by atoms with van der Waals surface area (Å²) in [4.78, 5) is 12.6. The molecule has 1 aliphatic rings. The quantitative estimate of drug-likeness (QED) is 0.669. The Bertz CT molecular complexity index is 924. The molecule has 1 aromatic heterocycles. The smallest absolute Gasteiger partial charge is 0.184 e. The largest absolute Gasteiger partial charge is 0.486 e. The van der Waals surface area contributed by atoms with Gasteiger partial charge in [0.25, 0.3) is 0 Å². The lowest BCUT2D eigenvalue weighted by Crippen LogP contribution is -2.17. The molecule has 3 aromatic rings. The van der Waals surface area contributed by atoms with Gasteiger partial charge in [-0.2, -0.15) is 0 Å². The minimum Gasteiger partial charge on any atom is -0.486 e. The molecule has 2 aromatic carbocycles. The van der Waals surface area contributed by atoms with Gasteiger partial charge in [0.2, 0.25) is 0 Å². The zero-order valence-corrected chi connectivity index (χ0v) is 13.8. The van der Waals surface area contributed by atoms with E-state index in [0.717, 1.165) is 5.56 Å². The van der Waals surface area contributed by atoms with Gasteiger partial charge in [-0.1, -0.05) is 11.6 Å². The van der Waals surface area contributed by atoms with Crippen LogP contribution in [0.2, 0.25) is 5.02 Å². The van der Waals surface area contributed by atoms with Gasteiger partial charge in [-0.3, -0.25) is 4.79 Å². The number of rotatable bonds is 4. The first-order valence-corrected chi connectivity index (χ1v) is 8.03. The normalized spacial score (nSPS) is 12.8. The second kappa shape index (κ2) is 6.52. The molecule has 126 valence electrons. The number of ketones is 1. The van der Waals surface area contributed by atoms with Gasteiger partial charge in [-0.25, -0.2) is 4.68 Å². The number of halogens is 1. The molecule has 0 fully saturated rings. The minimum atomic E-state index is -0.125. The predicted molar refractivity (Wildman–Crippen MR) is 90.0 cm³/mol. The van der Waals surface area contributed by atoms with Crippen LogP contribution in [0.4, 0.5) is 0 Å². The van der Waals surface area contributed by atoms with Crippen LogP contribution in [-0.4, -0.2) is 39.2 Å². The van der Waals surface area contributed by atoms with Crippen molar-refractivity contribution >= 4 is 17.4 Å². The van der Waals surface area contributed by atoms with Crippen LogP contribution in [0.1, 0.15) is 10.4 Å². The van der Waals surface area contributed by atoms with Crippen molar-refractivity contribution in [3.05, 3.63) is 53.1 Å². The number of nitrogens with zero attached hydrogens (tertiary/aromatic N) is 4. The Labute approximate surface area is 148 Å². The van der Waals surface area contributed by atoms with E-state index in [-0.39, 0.29) is 12.3 Å². The molecule has 4 rings (SSSR count). The van der Waals surface area contributed by atoms with E-state index in [1.54, 1.807) is 42.5 Å². The van der Waals surface area contributed by atoms with Crippen LogP contribution in [0.5, 0.6) is 11.5 Å². The molecule has 0 radical (unpaired) electrons. The van der Waals surface area contributed by atoms with Crippen molar-refractivity contribution in [3.63, 3.8) is 0 Å². The maximum absolute atomic E-state index is 12.6. The summed E-state index contributed by atoms with van der Waals surface area (Å²) < 4.78 is 12.4. The van der Waals surface area contributed by atoms with Crippen LogP contribution in [0.25, 0.3) is 11.4 Å². The van der Waals surface area contributed by atoms with E-state index in [1.165, 1.54) is 4.68 Å². The number of carbonyl (C=O) groups excluding carboxylic acids is 1. The number of benzene rings is 2. The highest BCUT2D eigenvalue weighted by molar-refractivity contribution is 6.30. The standard InChI is InChI=1S/C17H13ClN4O3/c18-13-4-1-11(2-5-13)17-19-20-21-22(17)10-14(23)12-3-6-15-16(9-12)25-8-7-24-15/h1-6,9H,7-8,10H2. The molecule has 0 N–H and O–H groups in total. The van der Waals surface area contributed by atoms with Gasteiger partial charge in [-0.15, -0.1) is 5.10 Å². The Morgan fingerprint density at radius 3 is 2.64 bits per heavy atom. The SMILES string of the molecule is O=C(Cn1nnnc1-c1ccc(Cl)cc1)c1ccc2c(c1)OCCO2. The van der Waals surface area contributed by atoms with E-state index in [0.29, 0.717) is 41.1 Å². The fourth-order valence-corrected chi connectivity index (χ4v) is 2.69. The molecule has 7 nitrogen and oxygen atoms in total. The number of Topliss-reactive ketones (excluding diaryl/α,β-unsaturated/α-hetero) is 1. The number of aromatic nitrogens is 4. The Kier molecular flexibility index (Phi) is 4.07. The Morgan fingerprint density at radius 1 is 1.08 bits per heavy atom. The average Bonchev–Trinajstić information content (AvgIpc) is 3.10. The van der Waals surface area contributed by atoms with Crippen molar-refractivity contribution < 1.29 is 14.3 Å². The third-order valence-corrected chi connectivity index (χ3v) is 4.04. The molecule has 0 saturated heterocycles. The van der Waals surface area contributed by atoms with Crippen LogP contribution < -0.4 is 9.47 Å². The second-order valence-electron chi connectivity index (χ2n) is 5.45. The van der Waals surface area contributed by atoms with Gasteiger partial charge < -0.3 is 9.47 Å². The van der Waals surface area contributed by atoms with Crippen molar-refractivity contribution in [1.29, 1.82) is 0 Å². The van der Waals surface area contributed by atoms with Crippen LogP contribution in [0.15, 0.2) is 42.5 Å². The molecule has 0 aliphatic carbocycles. The number of fused-ring (bicyclic) bond motifs is 1. The number of hydrogen-bond acceptors (Lipinski definition) is 6. The topological polar surface area (TPSA) is 79.1 Å². The van der Waals surface area contributed by atoms with E-state index in [2.05, 4.69) is 15.5 Å². The lowest BCUT2D eigenvalue weighted by atomic mass is 10.1. The first-order valence-electron chi connectivity index (χ1n) is 7.66. The molecular weight excluding hydrogens is 344 g/mol. The summed E-state index contributed by atoms with van der Waals surface area (Å²) in [5.41, 5.74) is 1.30. The van der Waals surface area contributed by atoms with E-state index < -0.39 is 0 Å². The van der Waals surface area contributed by atoms with Crippen LogP contribution in [0, 0.1) is 0 Å². The van der Waals surface area contributed by atoms with Crippen molar-refractivity contribution in [2.45, 2.75) is 6.54 Å². The fraction of sp³-hybridized carbons (Fsp3) is 0.176. The molecule has 25 heavy (non-hydrogen) atoms. The number of hydrogen-bond donors (Lipinski definition) is 0. The molecule has 0 saturated carbocycles. The monoisotopic (exact) mass is 356 g/mol. The summed E-state index contributed by atoms with van der Waals surface area (Å²) in [5.74, 6) is 1.60. The maximum Gasteiger partial charge on any atom is 0.184 e. The molecule has 0 spiro atoms. The van der Waals surface area contributed by atoms with Crippen molar-refractivity contribution in [2.24, 2.45) is 0 Å². The minimum absolute atomic E-state index is 0.0185. The maximum atomic E-state index is 12.6. The van der Waals surface area contributed by atoms with Crippen LogP contribution >= 0.6 is 11.6 Å². The van der Waals surface area contributed by atoms with Gasteiger partial charge in [0.05, 0.1) is 0 Å². The van der Waals surface area contributed by atoms with E-state index in [1.807, 2.05) is 0 Å². The predicted octanol–water partition coefficient (Wildman–Crippen LogP) is 2.65. The highest BCUT2D eigenvalue weighted by Crippen LogP contribution is 2.31. The Morgan fingerprint density at radius 2 is 1.84 bits per heavy atom. The van der Waals surface area contributed by atoms with Gasteiger partial charge >= 0.3 is 0 Å². The average molecular weight is 357 g/mol. The zero-order valence-electron chi connectivity index (χ0n) is 13.1. The summed E-state index contributed by atoms with van der Waals surface area (Å²) in [6, 6.07) is 12.2. The van der Waals surface area contributed by atoms with E-state index >= 15 is 0 Å². The highest BCUT2D eigenvalue weighted by Gasteiger charge is 2.17. The molecular formula is C17H13ClN4O3. The molecule has 2 heterocycles. The third-order valence-electron chi connectivity index (χ3n) is 3.79. The van der Waals surface area contributed by atoms with Crippen molar-refractivity contribution in [1.82, 2.24) is 20.2 Å². The third kappa shape index (κ3) is 3.18. The lowest BCUT2D eigenvalue weighted by Gasteiger charge is -2.18. The number of ether oxygens (including phenoxy) is 2. The second-order valence-corrected chi connectivity index (χ2v) is 5.89. The van der Waals surface area contributed by atoms with Gasteiger partial charge in [0, 0.05) is 16.1 Å². The van der Waals surface area contributed by atoms with Gasteiger partial charge in [-0.05, 0) is 52.9 Å². The van der Waals surface area contributed by atoms with Gasteiger partial charge in [0.15, 0.2) is 23.1 Å². The Balaban J connectivity index is 1.58. The lowest BCUT2D eigenvalue weighted by molar-refractivity contribution is 0.0966. The molecule has 1 aliphatic heterocycles. The number of carbonyl (C=O) groups is 1. The zero-order chi connectivity index (χ0) is 17.2. The van der Waals surface area contributed by atoms with Crippen LogP contribution in [-0.2, 0) is 6.54 Å². The first kappa shape index (κ1) is 15.6. The molecule has 0 bridgehead atoms. The van der Waals surface area contributed by atoms with Crippen molar-refractivity contribution in [3.8, 4) is 22.9 Å². The Hall–Kier alpha value is -2.93. The molecule has 0 amide bonds. The molecule has 8 heteroatoms. The molecule has 0 unspecified atom stereocenters. The first-order chi connectivity index (χ1) is 12.2. The summed E-state index contributed by atoms with van der Waals surface area (Å²) in [6.07, 6.45) is 0. The summed E-state index contributed by atoms with van der Waals surface area (Å²) in [7, 11) is 0. The summed E-state index contributed by atoms with van der Waals surface area (Å²) >= 11 is 5.90. The highest BCUT2D eigenvalue weighted by atomic mass is 35.5.